The second kappa shape index (κ2) is 11.4. The van der Waals surface area contributed by atoms with E-state index in [-0.39, 0.29) is 17.2 Å². The SMILES string of the molecule is COC(=O)c1cnc(Nc2cc([N+](=O)[O-])c(N(C)C[C@H]3CCCN3C)cc2OC)nc1-c1cn(C)c2ccccc12. The number of nitrogens with one attached hydrogen (secondary N) is 1. The summed E-state index contributed by atoms with van der Waals surface area (Å²) in [6.07, 6.45) is 5.43. The summed E-state index contributed by atoms with van der Waals surface area (Å²) in [7, 11) is 8.65. The minimum absolute atomic E-state index is 0.0723. The molecule has 0 unspecified atom stereocenters. The molecule has 0 amide bonds. The number of carbonyl (C=O) groups excluding carboxylic acids is 1. The molecule has 0 aliphatic carbocycles. The number of carbonyl (C=O) groups is 1. The van der Waals surface area contributed by atoms with Crippen molar-refractivity contribution >= 4 is 39.9 Å². The number of aromatic nitrogens is 3. The van der Waals surface area contributed by atoms with E-state index in [1.54, 1.807) is 6.07 Å². The summed E-state index contributed by atoms with van der Waals surface area (Å²) in [4.78, 5) is 37.6. The molecule has 1 saturated heterocycles. The number of hydrogen-bond acceptors (Lipinski definition) is 10. The molecule has 1 atom stereocenters. The van der Waals surface area contributed by atoms with Gasteiger partial charge in [-0.15, -0.1) is 0 Å². The Morgan fingerprint density at radius 3 is 2.71 bits per heavy atom. The number of esters is 1. The first-order chi connectivity index (χ1) is 19.7. The monoisotopic (exact) mass is 559 g/mol. The fourth-order valence-electron chi connectivity index (χ4n) is 5.46. The second-order valence-electron chi connectivity index (χ2n) is 10.2. The van der Waals surface area contributed by atoms with Gasteiger partial charge < -0.3 is 29.2 Å². The number of hydrogen-bond donors (Lipinski definition) is 1. The molecule has 3 heterocycles. The lowest BCUT2D eigenvalue weighted by atomic mass is 10.1. The molecule has 214 valence electrons. The Balaban J connectivity index is 1.55. The number of nitrogens with zero attached hydrogens (tertiary/aromatic N) is 6. The Morgan fingerprint density at radius 1 is 1.24 bits per heavy atom. The molecule has 1 fully saturated rings. The van der Waals surface area contributed by atoms with E-state index in [1.165, 1.54) is 26.5 Å². The molecule has 1 aliphatic heterocycles. The molecule has 0 radical (unpaired) electrons. The number of ether oxygens (including phenoxy) is 2. The number of likely N-dealkylation sites (tertiary alicyclic amines) is 1. The van der Waals surface area contributed by atoms with Crippen LogP contribution in [0, 0.1) is 10.1 Å². The van der Waals surface area contributed by atoms with Crippen LogP contribution in [-0.4, -0.2) is 77.8 Å². The standard InChI is InChI=1S/C29H33N7O5/c1-33-12-8-9-18(33)16-34(2)24-14-26(40-4)22(13-25(24)36(38)39)31-29-30-15-20(28(37)41-5)27(32-29)21-17-35(3)23-11-7-6-10-19(21)23/h6-7,10-11,13-15,17-18H,8-9,12,16H2,1-5H3,(H,30,31,32)/t18-/m1/s1. The average molecular weight is 560 g/mol. The molecule has 2 aromatic carbocycles. The lowest BCUT2D eigenvalue weighted by Gasteiger charge is -2.27. The average Bonchev–Trinajstić information content (AvgIpc) is 3.54. The maximum absolute atomic E-state index is 12.7. The van der Waals surface area contributed by atoms with Gasteiger partial charge >= 0.3 is 5.97 Å². The largest absolute Gasteiger partial charge is 0.494 e. The smallest absolute Gasteiger partial charge is 0.341 e. The number of nitro groups is 1. The molecule has 1 N–H and O–H groups in total. The fraction of sp³-hybridized carbons (Fsp3) is 0.345. The number of nitro benzene ring substituents is 1. The highest BCUT2D eigenvalue weighted by molar-refractivity contribution is 6.02. The van der Waals surface area contributed by atoms with Crippen molar-refractivity contribution in [2.45, 2.75) is 18.9 Å². The van der Waals surface area contributed by atoms with Gasteiger partial charge in [0.05, 0.1) is 30.5 Å². The van der Waals surface area contributed by atoms with E-state index in [0.29, 0.717) is 35.4 Å². The van der Waals surface area contributed by atoms with Crippen LogP contribution in [0.25, 0.3) is 22.2 Å². The quantitative estimate of drug-likeness (QED) is 0.176. The van der Waals surface area contributed by atoms with Gasteiger partial charge in [0.1, 0.15) is 17.0 Å². The zero-order chi connectivity index (χ0) is 29.3. The van der Waals surface area contributed by atoms with Crippen LogP contribution in [0.5, 0.6) is 5.75 Å². The molecule has 12 heteroatoms. The second-order valence-corrected chi connectivity index (χ2v) is 10.2. The summed E-state index contributed by atoms with van der Waals surface area (Å²) in [5.74, 6) is -0.0422. The van der Waals surface area contributed by atoms with Crippen LogP contribution in [0.15, 0.2) is 48.8 Å². The molecular weight excluding hydrogens is 526 g/mol. The molecule has 1 aliphatic rings. The van der Waals surface area contributed by atoms with Crippen molar-refractivity contribution in [3.05, 3.63) is 64.5 Å². The maximum atomic E-state index is 12.7. The summed E-state index contributed by atoms with van der Waals surface area (Å²) < 4.78 is 12.6. The minimum atomic E-state index is -0.576. The molecule has 12 nitrogen and oxygen atoms in total. The van der Waals surface area contributed by atoms with Crippen LogP contribution in [-0.2, 0) is 11.8 Å². The Bertz CT molecular complexity index is 1620. The van der Waals surface area contributed by atoms with Gasteiger partial charge in [-0.05, 0) is 32.5 Å². The lowest BCUT2D eigenvalue weighted by molar-refractivity contribution is -0.384. The molecule has 0 spiro atoms. The molecule has 0 saturated carbocycles. The molecule has 5 rings (SSSR count). The Hall–Kier alpha value is -4.71. The highest BCUT2D eigenvalue weighted by Crippen LogP contribution is 2.40. The zero-order valence-electron chi connectivity index (χ0n) is 23.7. The predicted octanol–water partition coefficient (Wildman–Crippen LogP) is 4.61. The van der Waals surface area contributed by atoms with Crippen molar-refractivity contribution in [3.63, 3.8) is 0 Å². The summed E-state index contributed by atoms with van der Waals surface area (Å²) in [5, 5.41) is 16.1. The number of fused-ring (bicyclic) bond motifs is 1. The first-order valence-corrected chi connectivity index (χ1v) is 13.3. The summed E-state index contributed by atoms with van der Waals surface area (Å²) in [6.45, 7) is 1.67. The fourth-order valence-corrected chi connectivity index (χ4v) is 5.46. The van der Waals surface area contributed by atoms with E-state index < -0.39 is 10.9 Å². The highest BCUT2D eigenvalue weighted by Gasteiger charge is 2.27. The number of rotatable bonds is 9. The van der Waals surface area contributed by atoms with Crippen molar-refractivity contribution in [1.29, 1.82) is 0 Å². The van der Waals surface area contributed by atoms with Gasteiger partial charge in [0, 0.05) is 67.7 Å². The third kappa shape index (κ3) is 5.38. The van der Waals surface area contributed by atoms with Crippen molar-refractivity contribution in [2.75, 3.05) is 51.6 Å². The number of methoxy groups -OCH3 is 2. The number of para-hydroxylation sites is 1. The number of likely N-dealkylation sites (N-methyl/N-ethyl adjacent to an activating group) is 2. The maximum Gasteiger partial charge on any atom is 0.341 e. The Morgan fingerprint density at radius 2 is 2.02 bits per heavy atom. The summed E-state index contributed by atoms with van der Waals surface area (Å²) in [5.41, 5.74) is 2.96. The van der Waals surface area contributed by atoms with E-state index in [1.807, 2.05) is 54.0 Å². The van der Waals surface area contributed by atoms with E-state index >= 15 is 0 Å². The number of anilines is 3. The van der Waals surface area contributed by atoms with Gasteiger partial charge in [0.15, 0.2) is 0 Å². The van der Waals surface area contributed by atoms with E-state index in [9.17, 15) is 14.9 Å². The van der Waals surface area contributed by atoms with Crippen LogP contribution >= 0.6 is 0 Å². The lowest BCUT2D eigenvalue weighted by Crippen LogP contribution is -2.36. The van der Waals surface area contributed by atoms with Gasteiger partial charge in [-0.25, -0.2) is 14.8 Å². The van der Waals surface area contributed by atoms with Crippen LogP contribution in [0.3, 0.4) is 0 Å². The van der Waals surface area contributed by atoms with Crippen molar-refractivity contribution < 1.29 is 19.2 Å². The normalized spacial score (nSPS) is 15.2. The van der Waals surface area contributed by atoms with E-state index in [0.717, 1.165) is 35.9 Å². The Labute approximate surface area is 237 Å². The molecule has 4 aromatic rings. The third-order valence-electron chi connectivity index (χ3n) is 7.65. The van der Waals surface area contributed by atoms with Crippen LogP contribution in [0.2, 0.25) is 0 Å². The number of benzene rings is 2. The van der Waals surface area contributed by atoms with Gasteiger partial charge in [0.25, 0.3) is 5.69 Å². The van der Waals surface area contributed by atoms with Gasteiger partial charge in [-0.2, -0.15) is 0 Å². The zero-order valence-corrected chi connectivity index (χ0v) is 23.7. The van der Waals surface area contributed by atoms with Crippen molar-refractivity contribution in [3.8, 4) is 17.0 Å². The van der Waals surface area contributed by atoms with Gasteiger partial charge in [-0.3, -0.25) is 10.1 Å². The minimum Gasteiger partial charge on any atom is -0.494 e. The van der Waals surface area contributed by atoms with Crippen molar-refractivity contribution in [2.24, 2.45) is 7.05 Å². The Kier molecular flexibility index (Phi) is 7.75. The molecule has 2 aromatic heterocycles. The van der Waals surface area contributed by atoms with Crippen LogP contribution < -0.4 is 15.0 Å². The highest BCUT2D eigenvalue weighted by atomic mass is 16.6. The first kappa shape index (κ1) is 27.8. The summed E-state index contributed by atoms with van der Waals surface area (Å²) >= 11 is 0. The predicted molar refractivity (Wildman–Crippen MR) is 157 cm³/mol. The van der Waals surface area contributed by atoms with Gasteiger partial charge in [-0.1, -0.05) is 18.2 Å². The van der Waals surface area contributed by atoms with Crippen molar-refractivity contribution in [1.82, 2.24) is 19.4 Å². The topological polar surface area (TPSA) is 128 Å². The molecular formula is C29H33N7O5. The van der Waals surface area contributed by atoms with E-state index in [2.05, 4.69) is 27.2 Å². The molecule has 41 heavy (non-hydrogen) atoms. The summed E-state index contributed by atoms with van der Waals surface area (Å²) in [6, 6.07) is 11.2. The first-order valence-electron chi connectivity index (χ1n) is 13.3. The van der Waals surface area contributed by atoms with Gasteiger partial charge in [0.2, 0.25) is 5.95 Å². The van der Waals surface area contributed by atoms with E-state index in [4.69, 9.17) is 9.47 Å². The molecule has 0 bridgehead atoms. The third-order valence-corrected chi connectivity index (χ3v) is 7.65. The van der Waals surface area contributed by atoms with Crippen LogP contribution in [0.1, 0.15) is 23.2 Å². The number of aryl methyl sites for hydroxylation is 1. The van der Waals surface area contributed by atoms with Crippen LogP contribution in [0.4, 0.5) is 23.0 Å².